The van der Waals surface area contributed by atoms with Crippen molar-refractivity contribution in [3.05, 3.63) is 108 Å². The van der Waals surface area contributed by atoms with Crippen LogP contribution < -0.4 is 12.3 Å². The third kappa shape index (κ3) is 5.28. The normalized spacial score (nSPS) is 10.5. The van der Waals surface area contributed by atoms with E-state index in [-0.39, 0.29) is 24.3 Å². The summed E-state index contributed by atoms with van der Waals surface area (Å²) in [6, 6.07) is 31.4. The van der Waals surface area contributed by atoms with Gasteiger partial charge in [-0.15, -0.1) is 0 Å². The molecule has 3 aromatic rings. The molecule has 0 saturated heterocycles. The van der Waals surface area contributed by atoms with Gasteiger partial charge in [-0.25, -0.2) is 0 Å². The molecular formula is C22H29BN2O3. The largest absolute Gasteiger partial charge is 0.633 e. The van der Waals surface area contributed by atoms with Crippen LogP contribution in [0, 0.1) is 0 Å². The molecule has 0 fully saturated rings. The first-order valence-corrected chi connectivity index (χ1v) is 8.88. The second-order valence-corrected chi connectivity index (χ2v) is 6.30. The quantitative estimate of drug-likeness (QED) is 0.266. The van der Waals surface area contributed by atoms with E-state index in [0.29, 0.717) is 6.42 Å². The van der Waals surface area contributed by atoms with E-state index in [1.807, 2.05) is 18.2 Å². The second-order valence-electron chi connectivity index (χ2n) is 6.30. The summed E-state index contributed by atoms with van der Waals surface area (Å²) in [4.78, 5) is 0. The molecule has 6 heteroatoms. The third-order valence-electron chi connectivity index (χ3n) is 4.76. The van der Waals surface area contributed by atoms with Crippen LogP contribution in [0.1, 0.15) is 29.5 Å². The highest BCUT2D eigenvalue weighted by Gasteiger charge is 2.35. The molecule has 148 valence electrons. The molecule has 0 amide bonds. The monoisotopic (exact) mass is 380 g/mol. The fourth-order valence-corrected chi connectivity index (χ4v) is 3.63. The Morgan fingerprint density at radius 2 is 1.00 bits per heavy atom. The van der Waals surface area contributed by atoms with Crippen molar-refractivity contribution in [2.24, 2.45) is 0 Å². The van der Waals surface area contributed by atoms with Crippen molar-refractivity contribution in [2.75, 3.05) is 6.61 Å². The number of rotatable bonds is 8. The van der Waals surface area contributed by atoms with Crippen LogP contribution >= 0.6 is 0 Å². The van der Waals surface area contributed by atoms with Gasteiger partial charge in [-0.2, -0.15) is 0 Å². The summed E-state index contributed by atoms with van der Waals surface area (Å²) in [6.07, 6.45) is 1.48. The van der Waals surface area contributed by atoms with Crippen LogP contribution in [0.2, 0.25) is 0 Å². The van der Waals surface area contributed by atoms with Gasteiger partial charge in [0.1, 0.15) is 0 Å². The molecule has 0 aliphatic heterocycles. The molecular weight excluding hydrogens is 351 g/mol. The van der Waals surface area contributed by atoms with E-state index in [9.17, 15) is 0 Å². The van der Waals surface area contributed by atoms with Gasteiger partial charge in [0.05, 0.1) is 0 Å². The minimum absolute atomic E-state index is 0. The molecule has 0 heterocycles. The zero-order valence-electron chi connectivity index (χ0n) is 16.1. The molecule has 8 N–H and O–H groups in total. The van der Waals surface area contributed by atoms with E-state index in [1.165, 1.54) is 16.7 Å². The molecule has 0 bridgehead atoms. The van der Waals surface area contributed by atoms with Gasteiger partial charge in [-0.1, -0.05) is 91.0 Å². The highest BCUT2D eigenvalue weighted by atomic mass is 16.6. The molecule has 3 aromatic carbocycles. The maximum atomic E-state index is 8.97. The smallest absolute Gasteiger partial charge is 0.402 e. The standard InChI is InChI=1S/C22H23BO3.2H3N/c24-23(25)26-18-10-17-22(19-11-4-1-5-12-19,20-13-6-2-7-14-20)21-15-8-3-9-16-21;;/h1-9,11-16,24-25H,10,17-18H2;2*1H3. The predicted octanol–water partition coefficient (Wildman–Crippen LogP) is 4.11. The topological polar surface area (TPSA) is 120 Å². The van der Waals surface area contributed by atoms with Crippen LogP contribution in [-0.2, 0) is 10.1 Å². The zero-order valence-corrected chi connectivity index (χ0v) is 16.1. The summed E-state index contributed by atoms with van der Waals surface area (Å²) in [5, 5.41) is 17.9. The molecule has 3 rings (SSSR count). The van der Waals surface area contributed by atoms with E-state index in [2.05, 4.69) is 72.8 Å². The molecule has 0 spiro atoms. The van der Waals surface area contributed by atoms with Gasteiger partial charge in [0.2, 0.25) is 0 Å². The van der Waals surface area contributed by atoms with Crippen LogP contribution in [0.4, 0.5) is 0 Å². The van der Waals surface area contributed by atoms with Gasteiger partial charge in [0.25, 0.3) is 0 Å². The van der Waals surface area contributed by atoms with E-state index >= 15 is 0 Å². The Kier molecular flexibility index (Phi) is 9.58. The molecule has 0 aliphatic rings. The minimum atomic E-state index is -1.73. The Labute approximate surface area is 167 Å². The lowest BCUT2D eigenvalue weighted by atomic mass is 9.67. The lowest BCUT2D eigenvalue weighted by molar-refractivity contribution is 0.179. The Morgan fingerprint density at radius 1 is 0.643 bits per heavy atom. The van der Waals surface area contributed by atoms with Crippen molar-refractivity contribution in [1.29, 1.82) is 0 Å². The number of benzene rings is 3. The Balaban J connectivity index is 0.00000196. The van der Waals surface area contributed by atoms with Crippen LogP contribution in [0.5, 0.6) is 0 Å². The average molecular weight is 380 g/mol. The first-order chi connectivity index (χ1) is 12.7. The Morgan fingerprint density at radius 3 is 1.32 bits per heavy atom. The zero-order chi connectivity index (χ0) is 18.2. The van der Waals surface area contributed by atoms with E-state index in [0.717, 1.165) is 6.42 Å². The van der Waals surface area contributed by atoms with Crippen molar-refractivity contribution < 1.29 is 14.7 Å². The van der Waals surface area contributed by atoms with Gasteiger partial charge in [0, 0.05) is 12.0 Å². The molecule has 0 atom stereocenters. The molecule has 0 saturated carbocycles. The summed E-state index contributed by atoms with van der Waals surface area (Å²) >= 11 is 0. The second kappa shape index (κ2) is 11.4. The van der Waals surface area contributed by atoms with Gasteiger partial charge in [-0.05, 0) is 29.5 Å². The van der Waals surface area contributed by atoms with E-state index < -0.39 is 7.32 Å². The van der Waals surface area contributed by atoms with Crippen molar-refractivity contribution in [3.8, 4) is 0 Å². The summed E-state index contributed by atoms with van der Waals surface area (Å²) in [5.74, 6) is 0. The molecule has 0 unspecified atom stereocenters. The van der Waals surface area contributed by atoms with Gasteiger partial charge in [-0.3, -0.25) is 0 Å². The number of hydrogen-bond acceptors (Lipinski definition) is 5. The molecule has 0 radical (unpaired) electrons. The van der Waals surface area contributed by atoms with Crippen LogP contribution in [0.15, 0.2) is 91.0 Å². The van der Waals surface area contributed by atoms with Crippen molar-refractivity contribution in [1.82, 2.24) is 12.3 Å². The Hall–Kier alpha value is -2.48. The lowest BCUT2D eigenvalue weighted by Crippen LogP contribution is -2.30. The first kappa shape index (κ1) is 23.6. The molecule has 0 aromatic heterocycles. The summed E-state index contributed by atoms with van der Waals surface area (Å²) in [6.45, 7) is 0.284. The summed E-state index contributed by atoms with van der Waals surface area (Å²) < 4.78 is 4.96. The van der Waals surface area contributed by atoms with Crippen LogP contribution in [0.3, 0.4) is 0 Å². The fraction of sp³-hybridized carbons (Fsp3) is 0.182. The van der Waals surface area contributed by atoms with Crippen molar-refractivity contribution in [3.63, 3.8) is 0 Å². The van der Waals surface area contributed by atoms with Gasteiger partial charge in [0.15, 0.2) is 0 Å². The average Bonchev–Trinajstić information content (AvgIpc) is 2.70. The van der Waals surface area contributed by atoms with Gasteiger partial charge < -0.3 is 27.0 Å². The van der Waals surface area contributed by atoms with E-state index in [1.54, 1.807) is 0 Å². The first-order valence-electron chi connectivity index (χ1n) is 8.88. The van der Waals surface area contributed by atoms with E-state index in [4.69, 9.17) is 14.7 Å². The van der Waals surface area contributed by atoms with Gasteiger partial charge >= 0.3 is 7.32 Å². The Bertz CT molecular complexity index is 690. The maximum Gasteiger partial charge on any atom is 0.633 e. The SMILES string of the molecule is N.N.OB(O)OCCCC(c1ccccc1)(c1ccccc1)c1ccccc1. The lowest BCUT2D eigenvalue weighted by Gasteiger charge is -2.36. The van der Waals surface area contributed by atoms with Crippen molar-refractivity contribution >= 4 is 7.32 Å². The minimum Gasteiger partial charge on any atom is -0.402 e. The van der Waals surface area contributed by atoms with Crippen LogP contribution in [0.25, 0.3) is 0 Å². The maximum absolute atomic E-state index is 8.97. The molecule has 0 aliphatic carbocycles. The fourth-order valence-electron chi connectivity index (χ4n) is 3.63. The van der Waals surface area contributed by atoms with Crippen LogP contribution in [-0.4, -0.2) is 24.0 Å². The highest BCUT2D eigenvalue weighted by molar-refractivity contribution is 6.32. The third-order valence-corrected chi connectivity index (χ3v) is 4.76. The summed E-state index contributed by atoms with van der Waals surface area (Å²) in [7, 11) is -1.73. The summed E-state index contributed by atoms with van der Waals surface area (Å²) in [5.41, 5.74) is 3.30. The highest BCUT2D eigenvalue weighted by Crippen LogP contribution is 2.42. The molecule has 5 nitrogen and oxygen atoms in total. The molecule has 28 heavy (non-hydrogen) atoms. The predicted molar refractivity (Wildman–Crippen MR) is 115 cm³/mol. The van der Waals surface area contributed by atoms with Crippen molar-refractivity contribution in [2.45, 2.75) is 18.3 Å². The number of hydrogen-bond donors (Lipinski definition) is 4.